The van der Waals surface area contributed by atoms with Crippen LogP contribution in [0.1, 0.15) is 40.5 Å². The Morgan fingerprint density at radius 3 is 1.79 bits per heavy atom. The van der Waals surface area contributed by atoms with Gasteiger partial charge in [0.1, 0.15) is 0 Å². The molecule has 0 bridgehead atoms. The quantitative estimate of drug-likeness (QED) is 0.496. The van der Waals surface area contributed by atoms with Crippen LogP contribution in [0.15, 0.2) is 0 Å². The van der Waals surface area contributed by atoms with Gasteiger partial charge in [0.25, 0.3) is 0 Å². The van der Waals surface area contributed by atoms with Crippen molar-refractivity contribution in [3.05, 3.63) is 0 Å². The average molecular weight is 256 g/mol. The van der Waals surface area contributed by atoms with E-state index in [4.69, 9.17) is 0 Å². The van der Waals surface area contributed by atoms with Crippen LogP contribution in [0, 0.1) is 0 Å². The fourth-order valence-corrected chi connectivity index (χ4v) is 9.87. The Hall–Kier alpha value is 0.596. The Bertz CT molecular complexity index is 124. The minimum atomic E-state index is -0.943. The molecule has 2 heteroatoms. The van der Waals surface area contributed by atoms with Crippen LogP contribution in [0.2, 0.25) is 13.9 Å². The predicted octanol–water partition coefficient (Wildman–Crippen LogP) is 3.64. The van der Waals surface area contributed by atoms with Gasteiger partial charge in [-0.15, -0.1) is 0 Å². The molecule has 0 spiro atoms. The molecule has 0 aromatic heterocycles. The third kappa shape index (κ3) is 6.96. The van der Waals surface area contributed by atoms with Gasteiger partial charge in [0.2, 0.25) is 0 Å². The summed E-state index contributed by atoms with van der Waals surface area (Å²) in [6.45, 7) is 11.0. The van der Waals surface area contributed by atoms with E-state index in [1.165, 1.54) is 19.4 Å². The summed E-state index contributed by atoms with van der Waals surface area (Å²) in [5.74, 6) is 0. The van der Waals surface area contributed by atoms with E-state index in [0.717, 1.165) is 8.94 Å². The normalized spacial score (nSPS) is 11.8. The Morgan fingerprint density at radius 1 is 0.929 bits per heavy atom. The van der Waals surface area contributed by atoms with Crippen molar-refractivity contribution in [2.45, 2.75) is 54.5 Å². The summed E-state index contributed by atoms with van der Waals surface area (Å²) in [5, 5.41) is 0. The van der Waals surface area contributed by atoms with E-state index in [2.05, 4.69) is 46.7 Å². The molecule has 0 aliphatic carbocycles. The number of rotatable bonds is 7. The van der Waals surface area contributed by atoms with Gasteiger partial charge in [0, 0.05) is 0 Å². The van der Waals surface area contributed by atoms with Crippen molar-refractivity contribution in [1.82, 2.24) is 4.90 Å². The SMILES string of the molecule is C[CH](C)[Ga]([CH2]CCCN(C)C)[CH](C)C. The van der Waals surface area contributed by atoms with Crippen molar-refractivity contribution >= 4 is 16.2 Å². The van der Waals surface area contributed by atoms with Crippen LogP contribution in [-0.2, 0) is 0 Å². The molecule has 0 fully saturated rings. The topological polar surface area (TPSA) is 3.24 Å². The number of hydrogen-bond donors (Lipinski definition) is 0. The molecule has 0 aliphatic heterocycles. The van der Waals surface area contributed by atoms with Crippen molar-refractivity contribution < 1.29 is 0 Å². The Morgan fingerprint density at radius 2 is 1.43 bits per heavy atom. The molecule has 0 amide bonds. The zero-order valence-electron chi connectivity index (χ0n) is 11.0. The number of hydrogen-bond acceptors (Lipinski definition) is 1. The minimum absolute atomic E-state index is 0.943. The Labute approximate surface area is 96.3 Å². The van der Waals surface area contributed by atoms with E-state index in [0.29, 0.717) is 0 Å². The first-order valence-corrected chi connectivity index (χ1v) is 10.6. The van der Waals surface area contributed by atoms with E-state index >= 15 is 0 Å². The molecule has 0 rings (SSSR count). The molecule has 0 aromatic carbocycles. The van der Waals surface area contributed by atoms with Crippen LogP contribution < -0.4 is 0 Å². The van der Waals surface area contributed by atoms with Gasteiger partial charge in [-0.1, -0.05) is 0 Å². The van der Waals surface area contributed by atoms with Crippen LogP contribution in [0.25, 0.3) is 0 Å². The number of nitrogens with zero attached hydrogens (tertiary/aromatic N) is 1. The first kappa shape index (κ1) is 14.6. The van der Waals surface area contributed by atoms with Gasteiger partial charge in [-0.25, -0.2) is 0 Å². The fraction of sp³-hybridized carbons (Fsp3) is 1.00. The molecular weight excluding hydrogens is 228 g/mol. The van der Waals surface area contributed by atoms with Gasteiger partial charge < -0.3 is 0 Å². The van der Waals surface area contributed by atoms with Crippen LogP contribution in [0.5, 0.6) is 0 Å². The molecule has 0 N–H and O–H groups in total. The third-order valence-corrected chi connectivity index (χ3v) is 12.5. The second-order valence-corrected chi connectivity index (χ2v) is 15.0. The van der Waals surface area contributed by atoms with Crippen LogP contribution in [-0.4, -0.2) is 41.8 Å². The van der Waals surface area contributed by atoms with E-state index < -0.39 is 16.2 Å². The van der Waals surface area contributed by atoms with Crippen molar-refractivity contribution in [1.29, 1.82) is 0 Å². The van der Waals surface area contributed by atoms with Crippen molar-refractivity contribution in [2.24, 2.45) is 0 Å². The molecule has 0 atom stereocenters. The maximum atomic E-state index is 2.44. The fourth-order valence-electron chi connectivity index (χ4n) is 2.24. The summed E-state index contributed by atoms with van der Waals surface area (Å²) in [5.41, 5.74) is 0. The van der Waals surface area contributed by atoms with E-state index in [1.54, 1.807) is 4.98 Å². The van der Waals surface area contributed by atoms with Crippen molar-refractivity contribution in [3.63, 3.8) is 0 Å². The summed E-state index contributed by atoms with van der Waals surface area (Å²) in [6.07, 6.45) is 2.87. The molecular formula is C12H28GaN. The van der Waals surface area contributed by atoms with Gasteiger partial charge in [0.05, 0.1) is 0 Å². The summed E-state index contributed by atoms with van der Waals surface area (Å²) < 4.78 is 2.06. The van der Waals surface area contributed by atoms with Crippen LogP contribution >= 0.6 is 0 Å². The number of unbranched alkanes of at least 4 members (excludes halogenated alkanes) is 1. The zero-order valence-corrected chi connectivity index (χ0v) is 13.4. The second kappa shape index (κ2) is 7.83. The van der Waals surface area contributed by atoms with E-state index in [-0.39, 0.29) is 0 Å². The summed E-state index contributed by atoms with van der Waals surface area (Å²) in [6, 6.07) is 0. The van der Waals surface area contributed by atoms with Gasteiger partial charge in [0.15, 0.2) is 0 Å². The molecule has 0 saturated carbocycles. The Kier molecular flexibility index (Phi) is 8.17. The van der Waals surface area contributed by atoms with Crippen LogP contribution in [0.3, 0.4) is 0 Å². The molecule has 0 aliphatic rings. The van der Waals surface area contributed by atoms with Gasteiger partial charge in [-0.3, -0.25) is 0 Å². The monoisotopic (exact) mass is 255 g/mol. The van der Waals surface area contributed by atoms with Crippen LogP contribution in [0.4, 0.5) is 0 Å². The van der Waals surface area contributed by atoms with Crippen molar-refractivity contribution in [3.8, 4) is 0 Å². The molecule has 0 heterocycles. The first-order chi connectivity index (χ1) is 6.45. The Balaban J connectivity index is 3.62. The second-order valence-electron chi connectivity index (χ2n) is 5.45. The van der Waals surface area contributed by atoms with Gasteiger partial charge in [-0.2, -0.15) is 0 Å². The van der Waals surface area contributed by atoms with Gasteiger partial charge in [-0.05, 0) is 0 Å². The van der Waals surface area contributed by atoms with Gasteiger partial charge >= 0.3 is 96.2 Å². The zero-order chi connectivity index (χ0) is 11.1. The summed E-state index contributed by atoms with van der Waals surface area (Å²) >= 11 is -0.943. The third-order valence-electron chi connectivity index (χ3n) is 3.11. The summed E-state index contributed by atoms with van der Waals surface area (Å²) in [7, 11) is 4.34. The first-order valence-electron chi connectivity index (χ1n) is 6.09. The summed E-state index contributed by atoms with van der Waals surface area (Å²) in [4.78, 5) is 3.89. The van der Waals surface area contributed by atoms with E-state index in [1.807, 2.05) is 0 Å². The molecule has 14 heavy (non-hydrogen) atoms. The molecule has 0 unspecified atom stereocenters. The predicted molar refractivity (Wildman–Crippen MR) is 68.5 cm³/mol. The van der Waals surface area contributed by atoms with E-state index in [9.17, 15) is 0 Å². The molecule has 1 nitrogen and oxygen atoms in total. The van der Waals surface area contributed by atoms with Crippen molar-refractivity contribution in [2.75, 3.05) is 20.6 Å². The maximum absolute atomic E-state index is 2.44. The molecule has 0 saturated heterocycles. The average Bonchev–Trinajstić information content (AvgIpc) is 2.01. The molecule has 0 aromatic rings. The molecule has 84 valence electrons. The standard InChI is InChI=1S/C6H14N.2C3H7.Ga/c1-4-5-6-7(2)3;2*1-3-2;/h1,4-6H2,2-3H3;2*3H,1-2H3;. The molecule has 0 radical (unpaired) electrons.